The number of fused-ring (bicyclic) bond motifs is 1. The highest BCUT2D eigenvalue weighted by molar-refractivity contribution is 6.31. The summed E-state index contributed by atoms with van der Waals surface area (Å²) < 4.78 is 11.4. The summed E-state index contributed by atoms with van der Waals surface area (Å²) in [6.45, 7) is 3.53. The van der Waals surface area contributed by atoms with Crippen LogP contribution in [0.5, 0.6) is 5.75 Å². The first-order valence-corrected chi connectivity index (χ1v) is 7.47. The Bertz CT molecular complexity index is 619. The molecule has 0 aromatic heterocycles. The van der Waals surface area contributed by atoms with E-state index in [0.717, 1.165) is 41.6 Å². The van der Waals surface area contributed by atoms with E-state index in [1.807, 2.05) is 30.3 Å². The molecular formula is C17H19Cl2NO2. The van der Waals surface area contributed by atoms with Gasteiger partial charge in [-0.1, -0.05) is 35.9 Å². The van der Waals surface area contributed by atoms with E-state index in [1.165, 1.54) is 5.56 Å². The van der Waals surface area contributed by atoms with Crippen molar-refractivity contribution in [2.75, 3.05) is 13.2 Å². The van der Waals surface area contributed by atoms with Gasteiger partial charge in [0.15, 0.2) is 0 Å². The number of benzene rings is 2. The van der Waals surface area contributed by atoms with E-state index in [1.54, 1.807) is 0 Å². The maximum atomic E-state index is 6.11. The average molecular weight is 340 g/mol. The zero-order valence-corrected chi connectivity index (χ0v) is 13.8. The summed E-state index contributed by atoms with van der Waals surface area (Å²) in [7, 11) is 0. The van der Waals surface area contributed by atoms with Crippen LogP contribution in [0.15, 0.2) is 42.5 Å². The number of ether oxygens (including phenoxy) is 2. The van der Waals surface area contributed by atoms with Crippen LogP contribution in [0, 0.1) is 0 Å². The molecule has 0 fully saturated rings. The molecule has 1 aliphatic heterocycles. The van der Waals surface area contributed by atoms with Crippen LogP contribution in [-0.2, 0) is 24.5 Å². The molecule has 3 rings (SSSR count). The van der Waals surface area contributed by atoms with Crippen molar-refractivity contribution in [1.29, 1.82) is 0 Å². The van der Waals surface area contributed by atoms with Gasteiger partial charge in [0.2, 0.25) is 0 Å². The van der Waals surface area contributed by atoms with E-state index >= 15 is 0 Å². The van der Waals surface area contributed by atoms with Gasteiger partial charge in [0.05, 0.1) is 13.2 Å². The van der Waals surface area contributed by atoms with Gasteiger partial charge in [-0.15, -0.1) is 12.4 Å². The van der Waals surface area contributed by atoms with Crippen molar-refractivity contribution in [3.05, 3.63) is 64.2 Å². The molecular weight excluding hydrogens is 321 g/mol. The smallest absolute Gasteiger partial charge is 0.123 e. The molecule has 0 amide bonds. The first kappa shape index (κ1) is 17.1. The molecule has 2 aromatic carbocycles. The molecule has 0 spiro atoms. The summed E-state index contributed by atoms with van der Waals surface area (Å²) in [6, 6.07) is 14.0. The second kappa shape index (κ2) is 8.39. The summed E-state index contributed by atoms with van der Waals surface area (Å²) >= 11 is 6.11. The second-order valence-corrected chi connectivity index (χ2v) is 5.46. The van der Waals surface area contributed by atoms with Gasteiger partial charge < -0.3 is 14.8 Å². The fourth-order valence-electron chi connectivity index (χ4n) is 2.35. The minimum absolute atomic E-state index is 0. The largest absolute Gasteiger partial charge is 0.492 e. The highest BCUT2D eigenvalue weighted by atomic mass is 35.5. The van der Waals surface area contributed by atoms with Crippen LogP contribution in [0.4, 0.5) is 0 Å². The quantitative estimate of drug-likeness (QED) is 0.914. The average Bonchev–Trinajstić information content (AvgIpc) is 2.74. The van der Waals surface area contributed by atoms with E-state index in [2.05, 4.69) is 17.4 Å². The second-order valence-electron chi connectivity index (χ2n) is 5.05. The van der Waals surface area contributed by atoms with Gasteiger partial charge in [-0.3, -0.25) is 0 Å². The lowest BCUT2D eigenvalue weighted by Gasteiger charge is -2.10. The Labute approximate surface area is 142 Å². The highest BCUT2D eigenvalue weighted by Crippen LogP contribution is 2.22. The van der Waals surface area contributed by atoms with Gasteiger partial charge in [-0.2, -0.15) is 0 Å². The third-order valence-corrected chi connectivity index (χ3v) is 3.83. The van der Waals surface area contributed by atoms with Crippen LogP contribution >= 0.6 is 24.0 Å². The van der Waals surface area contributed by atoms with Crippen molar-refractivity contribution in [3.8, 4) is 5.75 Å². The van der Waals surface area contributed by atoms with E-state index in [9.17, 15) is 0 Å². The third-order valence-electron chi connectivity index (χ3n) is 3.46. The van der Waals surface area contributed by atoms with Crippen LogP contribution in [0.25, 0.3) is 0 Å². The van der Waals surface area contributed by atoms with Gasteiger partial charge in [0.25, 0.3) is 0 Å². The monoisotopic (exact) mass is 339 g/mol. The molecule has 0 saturated carbocycles. The predicted molar refractivity (Wildman–Crippen MR) is 90.8 cm³/mol. The zero-order valence-electron chi connectivity index (χ0n) is 12.2. The van der Waals surface area contributed by atoms with Gasteiger partial charge in [-0.25, -0.2) is 0 Å². The topological polar surface area (TPSA) is 30.5 Å². The van der Waals surface area contributed by atoms with Crippen molar-refractivity contribution in [2.45, 2.75) is 19.8 Å². The van der Waals surface area contributed by atoms with E-state index in [-0.39, 0.29) is 12.4 Å². The first-order valence-electron chi connectivity index (χ1n) is 7.09. The van der Waals surface area contributed by atoms with Crippen LogP contribution in [0.2, 0.25) is 5.02 Å². The van der Waals surface area contributed by atoms with Crippen molar-refractivity contribution in [3.63, 3.8) is 0 Å². The number of nitrogens with one attached hydrogen (secondary N) is 1. The Balaban J connectivity index is 0.00000176. The maximum absolute atomic E-state index is 6.11. The summed E-state index contributed by atoms with van der Waals surface area (Å²) in [5.74, 6) is 0.967. The lowest BCUT2D eigenvalue weighted by molar-refractivity contribution is 0.107. The number of hydrogen-bond donors (Lipinski definition) is 1. The molecule has 5 heteroatoms. The Hall–Kier alpha value is -1.26. The highest BCUT2D eigenvalue weighted by Gasteiger charge is 2.09. The fourth-order valence-corrected chi connectivity index (χ4v) is 2.54. The van der Waals surface area contributed by atoms with Crippen LogP contribution in [-0.4, -0.2) is 13.2 Å². The van der Waals surface area contributed by atoms with Gasteiger partial charge in [0, 0.05) is 23.7 Å². The van der Waals surface area contributed by atoms with Gasteiger partial charge in [-0.05, 0) is 29.3 Å². The van der Waals surface area contributed by atoms with E-state index in [0.29, 0.717) is 13.2 Å². The minimum Gasteiger partial charge on any atom is -0.492 e. The van der Waals surface area contributed by atoms with Gasteiger partial charge in [0.1, 0.15) is 12.4 Å². The number of halogens is 2. The molecule has 0 unspecified atom stereocenters. The molecule has 0 atom stereocenters. The molecule has 0 saturated heterocycles. The summed E-state index contributed by atoms with van der Waals surface area (Å²) in [6.07, 6.45) is 0. The SMILES string of the molecule is Cl.Clc1ccccc1COCc1ccc2c(c1)CNCCO2. The van der Waals surface area contributed by atoms with Crippen molar-refractivity contribution in [2.24, 2.45) is 0 Å². The molecule has 118 valence electrons. The molecule has 2 aromatic rings. The van der Waals surface area contributed by atoms with Crippen LogP contribution in [0.1, 0.15) is 16.7 Å². The normalized spacial score (nSPS) is 13.5. The Morgan fingerprint density at radius 3 is 2.86 bits per heavy atom. The standard InChI is InChI=1S/C17H18ClNO2.ClH/c18-16-4-2-1-3-14(16)12-20-11-13-5-6-17-15(9-13)10-19-7-8-21-17;/h1-6,9,19H,7-8,10-12H2;1H. The molecule has 0 aliphatic carbocycles. The molecule has 22 heavy (non-hydrogen) atoms. The number of hydrogen-bond acceptors (Lipinski definition) is 3. The minimum atomic E-state index is 0. The van der Waals surface area contributed by atoms with Crippen molar-refractivity contribution in [1.82, 2.24) is 5.32 Å². The van der Waals surface area contributed by atoms with Crippen LogP contribution in [0.3, 0.4) is 0 Å². The lowest BCUT2D eigenvalue weighted by atomic mass is 10.1. The summed E-state index contributed by atoms with van der Waals surface area (Å²) in [4.78, 5) is 0. The molecule has 0 radical (unpaired) electrons. The molecule has 1 heterocycles. The fraction of sp³-hybridized carbons (Fsp3) is 0.294. The molecule has 1 N–H and O–H groups in total. The Morgan fingerprint density at radius 1 is 1.14 bits per heavy atom. The maximum Gasteiger partial charge on any atom is 0.123 e. The van der Waals surface area contributed by atoms with Crippen molar-refractivity contribution < 1.29 is 9.47 Å². The van der Waals surface area contributed by atoms with E-state index in [4.69, 9.17) is 21.1 Å². The van der Waals surface area contributed by atoms with E-state index < -0.39 is 0 Å². The Kier molecular flexibility index (Phi) is 6.52. The molecule has 3 nitrogen and oxygen atoms in total. The third kappa shape index (κ3) is 4.37. The van der Waals surface area contributed by atoms with Crippen molar-refractivity contribution >= 4 is 24.0 Å². The zero-order chi connectivity index (χ0) is 14.5. The number of rotatable bonds is 4. The summed E-state index contributed by atoms with van der Waals surface area (Å²) in [5.41, 5.74) is 3.35. The first-order chi connectivity index (χ1) is 10.3. The molecule has 0 bridgehead atoms. The Morgan fingerprint density at radius 2 is 2.00 bits per heavy atom. The lowest BCUT2D eigenvalue weighted by Crippen LogP contribution is -2.16. The summed E-state index contributed by atoms with van der Waals surface area (Å²) in [5, 5.41) is 4.08. The van der Waals surface area contributed by atoms with Gasteiger partial charge >= 0.3 is 0 Å². The molecule has 1 aliphatic rings. The van der Waals surface area contributed by atoms with Crippen LogP contribution < -0.4 is 10.1 Å². The predicted octanol–water partition coefficient (Wildman–Crippen LogP) is 3.96.